The van der Waals surface area contributed by atoms with Gasteiger partial charge < -0.3 is 70.5 Å². The molecule has 25 nitrogen and oxygen atoms in total. The van der Waals surface area contributed by atoms with Crippen molar-refractivity contribution in [2.45, 2.75) is 235 Å². The highest BCUT2D eigenvalue weighted by molar-refractivity contribution is 5.99. The molecular formula is C66H122N12O13. The number of aliphatic hydroxyl groups is 2. The molecule has 1 unspecified atom stereocenters. The Labute approximate surface area is 545 Å². The molecule has 0 saturated carbocycles. The second-order valence-electron chi connectivity index (χ2n) is 28.0. The minimum absolute atomic E-state index is 0.0374. The number of carbonyl (C=O) groups is 10. The van der Waals surface area contributed by atoms with Crippen LogP contribution in [-0.2, 0) is 52.7 Å². The number of aliphatic hydroxyl groups excluding tert-OH is 2. The fraction of sp³-hybridized carbons (Fsp3) is 0.818. The molecule has 1 rings (SSSR count). The number of hydrogen-bond acceptors (Lipinski definition) is 15. The van der Waals surface area contributed by atoms with Crippen LogP contribution in [0, 0.1) is 41.4 Å². The first kappa shape index (κ1) is 83.3. The quantitative estimate of drug-likeness (QED) is 0.101. The van der Waals surface area contributed by atoms with Crippen molar-refractivity contribution < 1.29 is 62.9 Å². The largest absolute Gasteiger partial charge is 0.390 e. The zero-order chi connectivity index (χ0) is 70.5. The van der Waals surface area contributed by atoms with Gasteiger partial charge in [0.1, 0.15) is 54.6 Å². The molecule has 1 aliphatic rings. The maximum absolute atomic E-state index is 15.3. The summed E-state index contributed by atoms with van der Waals surface area (Å²) >= 11 is 0. The van der Waals surface area contributed by atoms with Crippen LogP contribution in [0.15, 0.2) is 12.2 Å². The molecule has 524 valence electrons. The summed E-state index contributed by atoms with van der Waals surface area (Å²) in [5.41, 5.74) is 0. The lowest BCUT2D eigenvalue weighted by Gasteiger charge is -2.42. The summed E-state index contributed by atoms with van der Waals surface area (Å²) in [6, 6.07) is -12.3. The number of likely N-dealkylation sites (N-methyl/N-ethyl adjacent to an activating group) is 8. The number of allylic oxidation sites excluding steroid dienone is 2. The van der Waals surface area contributed by atoms with Crippen molar-refractivity contribution in [3.63, 3.8) is 0 Å². The number of nitrogens with zero attached hydrogens (tertiary/aromatic N) is 8. The second-order valence-corrected chi connectivity index (χ2v) is 28.0. The van der Waals surface area contributed by atoms with E-state index < -0.39 is 156 Å². The molecular weight excluding hydrogens is 1170 g/mol. The van der Waals surface area contributed by atoms with E-state index in [9.17, 15) is 34.2 Å². The first-order valence-corrected chi connectivity index (χ1v) is 32.8. The Morgan fingerprint density at radius 3 is 1.43 bits per heavy atom. The summed E-state index contributed by atoms with van der Waals surface area (Å²) < 4.78 is 6.24. The van der Waals surface area contributed by atoms with Crippen molar-refractivity contribution >= 4 is 59.1 Å². The number of nitrogens with one attached hydrogen (secondary N) is 4. The van der Waals surface area contributed by atoms with E-state index >= 15 is 24.0 Å². The lowest BCUT2D eigenvalue weighted by Crippen LogP contribution is -2.64. The molecule has 0 spiro atoms. The van der Waals surface area contributed by atoms with Crippen LogP contribution in [0.5, 0.6) is 0 Å². The molecule has 1 heterocycles. The Morgan fingerprint density at radius 2 is 0.967 bits per heavy atom. The first-order valence-electron chi connectivity index (χ1n) is 32.8. The van der Waals surface area contributed by atoms with Crippen LogP contribution in [0.25, 0.3) is 0 Å². The Hall–Kier alpha value is -5.76. The second kappa shape index (κ2) is 38.4. The van der Waals surface area contributed by atoms with Gasteiger partial charge >= 0.3 is 0 Å². The maximum Gasteiger partial charge on any atom is 0.273 e. The monoisotopic (exact) mass is 1290 g/mol. The zero-order valence-electron chi connectivity index (χ0n) is 60.3. The van der Waals surface area contributed by atoms with Crippen molar-refractivity contribution in [2.24, 2.45) is 41.4 Å². The van der Waals surface area contributed by atoms with Gasteiger partial charge in [-0.15, -0.1) is 0 Å². The zero-order valence-corrected chi connectivity index (χ0v) is 60.3. The fourth-order valence-corrected chi connectivity index (χ4v) is 11.4. The van der Waals surface area contributed by atoms with Crippen LogP contribution in [0.1, 0.15) is 156 Å². The molecule has 0 aromatic heterocycles. The van der Waals surface area contributed by atoms with Crippen molar-refractivity contribution in [1.29, 1.82) is 0 Å². The van der Waals surface area contributed by atoms with Gasteiger partial charge in [-0.1, -0.05) is 109 Å². The van der Waals surface area contributed by atoms with Crippen molar-refractivity contribution in [2.75, 3.05) is 76.6 Å². The summed E-state index contributed by atoms with van der Waals surface area (Å²) in [6.07, 6.45) is -0.224. The number of ether oxygens (including phenoxy) is 1. The lowest BCUT2D eigenvalue weighted by atomic mass is 9.91. The average Bonchev–Trinajstić information content (AvgIpc) is 0.906. The average molecular weight is 1290 g/mol. The minimum atomic E-state index is -1.67. The maximum atomic E-state index is 15.3. The van der Waals surface area contributed by atoms with Gasteiger partial charge in [0.2, 0.25) is 59.4 Å². The molecule has 1 aliphatic heterocycles. The van der Waals surface area contributed by atoms with Crippen molar-refractivity contribution in [3.8, 4) is 0 Å². The van der Waals surface area contributed by atoms with Gasteiger partial charge in [0.05, 0.1) is 24.8 Å². The summed E-state index contributed by atoms with van der Waals surface area (Å²) in [6.45, 7) is 30.3. The molecule has 14 atom stereocenters. The first-order chi connectivity index (χ1) is 42.0. The van der Waals surface area contributed by atoms with Crippen molar-refractivity contribution in [1.82, 2.24) is 60.5 Å². The van der Waals surface area contributed by atoms with E-state index in [1.807, 2.05) is 61.5 Å². The topological polar surface area (TPSA) is 294 Å². The Balaban J connectivity index is 4.52. The number of hydrogen-bond donors (Lipinski definition) is 6. The molecule has 6 N–H and O–H groups in total. The highest BCUT2D eigenvalue weighted by atomic mass is 16.5. The molecule has 25 heteroatoms. The Bertz CT molecular complexity index is 2420. The standard InChI is InChI=1S/C66H122N12O13/c1-27-29-30-43(15)54(79)53-58(83)69-46(28-2)60(85)78(26)66(91-32-31-71(18)19)65(90)73(21)48(34-38(5)6)57(82)70-51(41(11)12)63(88)72(20)47(33-37(3)4)56(81)67-44(16)55(80)68-45(17)59(84)74(22)49(35-39(7)8)61(86)75(23)50(36-40(9)10)62(87)76(24)52(42(13)14)64(89)77(53)25/h27,29,37-54,59,66,79,84H,28,30-36H2,1-26H3,(H,67,81)(H,68,80)(H,69,83)(H,70,82)/b29-27+/t43-,44+,45-,46+,47+,48+,49+,50+,51+,52+,53+,54-,59?,66-/m1/s1. The van der Waals surface area contributed by atoms with Crippen LogP contribution >= 0.6 is 0 Å². The Morgan fingerprint density at radius 1 is 0.516 bits per heavy atom. The van der Waals surface area contributed by atoms with Gasteiger partial charge in [-0.25, -0.2) is 0 Å². The smallest absolute Gasteiger partial charge is 0.273 e. The van der Waals surface area contributed by atoms with E-state index in [2.05, 4.69) is 21.3 Å². The third kappa shape index (κ3) is 23.9. The predicted octanol–water partition coefficient (Wildman–Crippen LogP) is 2.97. The SMILES string of the molecule is C/C=C/C[C@@H](C)[C@@H](O)[C@H]1C(=O)N[C@@H](CC)C(=O)N(C)[C@H](OCCN(C)C)C(=O)N(C)[C@@H](CC(C)C)C(=O)N[C@@H](C(C)C)C(=O)N(C)[C@@H](CC(C)C)C(=O)N[C@@H](C)C(=O)N[C@H](C)C(O)N(C)[C@@H](CC(C)C)C(=O)N(C)[C@@H](CC(C)C)C(=O)N(C)[C@@H](C(C)C)C(=O)N1C. The minimum Gasteiger partial charge on any atom is -0.390 e. The molecule has 91 heavy (non-hydrogen) atoms. The van der Waals surface area contributed by atoms with E-state index in [1.165, 1.54) is 80.8 Å². The van der Waals surface area contributed by atoms with Crippen LogP contribution in [0.4, 0.5) is 0 Å². The van der Waals surface area contributed by atoms with E-state index in [4.69, 9.17) is 4.74 Å². The number of amides is 10. The number of rotatable bonds is 19. The van der Waals surface area contributed by atoms with E-state index in [0.717, 1.165) is 9.80 Å². The third-order valence-corrected chi connectivity index (χ3v) is 17.2. The van der Waals surface area contributed by atoms with Crippen LogP contribution < -0.4 is 21.3 Å². The van der Waals surface area contributed by atoms with E-state index in [0.29, 0.717) is 13.0 Å². The Kier molecular flexibility index (Phi) is 35.2. The summed E-state index contributed by atoms with van der Waals surface area (Å²) in [7, 11) is 13.6. The van der Waals surface area contributed by atoms with E-state index in [-0.39, 0.29) is 62.4 Å². The van der Waals surface area contributed by atoms with Gasteiger partial charge in [-0.3, -0.25) is 52.8 Å². The van der Waals surface area contributed by atoms with Crippen LogP contribution in [-0.4, -0.2) is 264 Å². The summed E-state index contributed by atoms with van der Waals surface area (Å²) in [5, 5.41) is 35.4. The predicted molar refractivity (Wildman–Crippen MR) is 353 cm³/mol. The van der Waals surface area contributed by atoms with Gasteiger partial charge in [0.15, 0.2) is 0 Å². The number of carbonyl (C=O) groups excluding carboxylic acids is 10. The normalized spacial score (nSPS) is 27.8. The molecule has 10 amide bonds. The highest BCUT2D eigenvalue weighted by Gasteiger charge is 2.46. The summed E-state index contributed by atoms with van der Waals surface area (Å²) in [4.78, 5) is 159. The third-order valence-electron chi connectivity index (χ3n) is 17.2. The lowest BCUT2D eigenvalue weighted by molar-refractivity contribution is -0.168. The molecule has 1 saturated heterocycles. The van der Waals surface area contributed by atoms with Gasteiger partial charge in [0.25, 0.3) is 5.91 Å². The molecule has 0 radical (unpaired) electrons. The molecule has 0 aliphatic carbocycles. The summed E-state index contributed by atoms with van der Waals surface area (Å²) in [5.74, 6) is -9.39. The molecule has 1 fully saturated rings. The van der Waals surface area contributed by atoms with Gasteiger partial charge in [0, 0.05) is 48.8 Å². The van der Waals surface area contributed by atoms with Crippen molar-refractivity contribution in [3.05, 3.63) is 12.2 Å². The van der Waals surface area contributed by atoms with Gasteiger partial charge in [-0.2, -0.15) is 0 Å². The van der Waals surface area contributed by atoms with Gasteiger partial charge in [-0.05, 0) is 122 Å². The molecule has 0 bridgehead atoms. The highest BCUT2D eigenvalue weighted by Crippen LogP contribution is 2.26. The van der Waals surface area contributed by atoms with E-state index in [1.54, 1.807) is 80.5 Å². The van der Waals surface area contributed by atoms with Crippen LogP contribution in [0.2, 0.25) is 0 Å². The van der Waals surface area contributed by atoms with Crippen LogP contribution in [0.3, 0.4) is 0 Å². The molecule has 0 aromatic carbocycles. The molecule has 0 aromatic rings. The fourth-order valence-electron chi connectivity index (χ4n) is 11.4.